The van der Waals surface area contributed by atoms with Crippen molar-refractivity contribution in [1.29, 1.82) is 0 Å². The normalized spacial score (nSPS) is 16.4. The van der Waals surface area contributed by atoms with Gasteiger partial charge in [0.05, 0.1) is 5.69 Å². The summed E-state index contributed by atoms with van der Waals surface area (Å²) >= 11 is 0. The first kappa shape index (κ1) is 11.9. The van der Waals surface area contributed by atoms with Crippen LogP contribution < -0.4 is 9.64 Å². The van der Waals surface area contributed by atoms with Crippen molar-refractivity contribution in [2.45, 2.75) is 19.3 Å². The third kappa shape index (κ3) is 2.13. The fourth-order valence-electron chi connectivity index (χ4n) is 2.01. The van der Waals surface area contributed by atoms with Gasteiger partial charge in [-0.1, -0.05) is 13.0 Å². The Morgan fingerprint density at radius 2 is 2.29 bits per heavy atom. The average Bonchev–Trinajstić information content (AvgIpc) is 2.36. The summed E-state index contributed by atoms with van der Waals surface area (Å²) in [5, 5.41) is 9.29. The van der Waals surface area contributed by atoms with Gasteiger partial charge in [0, 0.05) is 19.6 Å². The van der Waals surface area contributed by atoms with Crippen LogP contribution in [0.4, 0.5) is 5.69 Å². The predicted molar refractivity (Wildman–Crippen MR) is 65.5 cm³/mol. The minimum Gasteiger partial charge on any atom is -0.482 e. The van der Waals surface area contributed by atoms with E-state index in [0.29, 0.717) is 0 Å². The van der Waals surface area contributed by atoms with E-state index in [1.165, 1.54) is 0 Å². The lowest BCUT2D eigenvalue weighted by atomic mass is 9.96. The zero-order chi connectivity index (χ0) is 12.4. The van der Waals surface area contributed by atoms with Crippen molar-refractivity contribution in [2.75, 3.05) is 25.2 Å². The summed E-state index contributed by atoms with van der Waals surface area (Å²) in [6, 6.07) is 5.75. The fraction of sp³-hybridized carbons (Fsp3) is 0.462. The monoisotopic (exact) mass is 235 g/mol. The molecule has 0 aromatic heterocycles. The van der Waals surface area contributed by atoms with Gasteiger partial charge in [0.1, 0.15) is 5.75 Å². The fourth-order valence-corrected chi connectivity index (χ4v) is 2.01. The van der Waals surface area contributed by atoms with Crippen LogP contribution in [0.15, 0.2) is 18.2 Å². The zero-order valence-corrected chi connectivity index (χ0v) is 10.1. The van der Waals surface area contributed by atoms with E-state index >= 15 is 0 Å². The second-order valence-electron chi connectivity index (χ2n) is 4.26. The molecule has 1 aromatic rings. The molecule has 4 nitrogen and oxygen atoms in total. The minimum absolute atomic E-state index is 0.0494. The first-order valence-electron chi connectivity index (χ1n) is 5.81. The van der Waals surface area contributed by atoms with E-state index in [1.54, 1.807) is 11.9 Å². The van der Waals surface area contributed by atoms with Crippen LogP contribution in [-0.4, -0.2) is 31.3 Å². The number of hydrogen-bond donors (Lipinski definition) is 1. The molecule has 17 heavy (non-hydrogen) atoms. The number of carbonyl (C=O) groups is 1. The van der Waals surface area contributed by atoms with Crippen molar-refractivity contribution in [1.82, 2.24) is 0 Å². The highest BCUT2D eigenvalue weighted by atomic mass is 16.5. The van der Waals surface area contributed by atoms with Gasteiger partial charge in [0.25, 0.3) is 5.91 Å². The lowest BCUT2D eigenvalue weighted by Gasteiger charge is -2.27. The van der Waals surface area contributed by atoms with Crippen LogP contribution in [0.3, 0.4) is 0 Å². The van der Waals surface area contributed by atoms with Gasteiger partial charge in [-0.15, -0.1) is 0 Å². The Morgan fingerprint density at radius 3 is 2.94 bits per heavy atom. The van der Waals surface area contributed by atoms with Crippen molar-refractivity contribution in [3.05, 3.63) is 23.8 Å². The molecule has 0 saturated carbocycles. The molecular formula is C13H17NO3. The number of aliphatic hydroxyl groups excluding tert-OH is 1. The average molecular weight is 235 g/mol. The second kappa shape index (κ2) is 4.75. The Hall–Kier alpha value is -1.55. The molecule has 0 aliphatic carbocycles. The number of anilines is 1. The molecule has 1 heterocycles. The molecule has 1 N–H and O–H groups in total. The molecule has 0 spiro atoms. The Morgan fingerprint density at radius 1 is 1.53 bits per heavy atom. The Balaban J connectivity index is 2.38. The van der Waals surface area contributed by atoms with Crippen LogP contribution in [0, 0.1) is 0 Å². The maximum absolute atomic E-state index is 11.5. The second-order valence-corrected chi connectivity index (χ2v) is 4.26. The molecule has 92 valence electrons. The molecule has 0 saturated heterocycles. The Bertz CT molecular complexity index is 427. The van der Waals surface area contributed by atoms with E-state index in [2.05, 4.69) is 0 Å². The summed E-state index contributed by atoms with van der Waals surface area (Å²) in [7, 11) is 1.74. The number of likely N-dealkylation sites (N-methyl/N-ethyl adjacent to an activating group) is 1. The van der Waals surface area contributed by atoms with E-state index in [4.69, 9.17) is 4.74 Å². The highest BCUT2D eigenvalue weighted by molar-refractivity contribution is 5.97. The maximum Gasteiger partial charge on any atom is 0.264 e. The Labute approximate surface area is 101 Å². The number of amides is 1. The summed E-state index contributed by atoms with van der Waals surface area (Å²) in [6.45, 7) is 2.25. The van der Waals surface area contributed by atoms with Gasteiger partial charge < -0.3 is 14.7 Å². The van der Waals surface area contributed by atoms with Gasteiger partial charge in [-0.05, 0) is 24.1 Å². The highest BCUT2D eigenvalue weighted by Crippen LogP contribution is 2.34. The summed E-state index contributed by atoms with van der Waals surface area (Å²) in [5.41, 5.74) is 1.82. The van der Waals surface area contributed by atoms with Gasteiger partial charge in [-0.3, -0.25) is 4.79 Å². The van der Waals surface area contributed by atoms with Crippen LogP contribution in [-0.2, 0) is 4.79 Å². The van der Waals surface area contributed by atoms with Crippen molar-refractivity contribution >= 4 is 11.6 Å². The van der Waals surface area contributed by atoms with Gasteiger partial charge in [-0.2, -0.15) is 0 Å². The number of fused-ring (bicyclic) bond motifs is 1. The lowest BCUT2D eigenvalue weighted by molar-refractivity contribution is -0.120. The number of rotatable bonds is 3. The number of nitrogens with zero attached hydrogens (tertiary/aromatic N) is 1. The first-order valence-corrected chi connectivity index (χ1v) is 5.81. The number of benzene rings is 1. The van der Waals surface area contributed by atoms with E-state index in [9.17, 15) is 9.90 Å². The van der Waals surface area contributed by atoms with E-state index in [-0.39, 0.29) is 25.0 Å². The molecule has 4 heteroatoms. The summed E-state index contributed by atoms with van der Waals surface area (Å²) in [6.07, 6.45) is 0.869. The Kier molecular flexibility index (Phi) is 3.33. The maximum atomic E-state index is 11.5. The van der Waals surface area contributed by atoms with Gasteiger partial charge in [0.2, 0.25) is 0 Å². The quantitative estimate of drug-likeness (QED) is 0.864. The van der Waals surface area contributed by atoms with Crippen molar-refractivity contribution in [3.63, 3.8) is 0 Å². The minimum atomic E-state index is -0.0494. The van der Waals surface area contributed by atoms with Gasteiger partial charge in [0.15, 0.2) is 6.61 Å². The lowest BCUT2D eigenvalue weighted by Crippen LogP contribution is -2.35. The molecule has 0 bridgehead atoms. The number of carbonyl (C=O) groups excluding carboxylic acids is 1. The molecule has 1 amide bonds. The van der Waals surface area contributed by atoms with Crippen molar-refractivity contribution in [3.8, 4) is 5.75 Å². The highest BCUT2D eigenvalue weighted by Gasteiger charge is 2.23. The molecule has 1 atom stereocenters. The summed E-state index contributed by atoms with van der Waals surface area (Å²) < 4.78 is 5.35. The van der Waals surface area contributed by atoms with E-state index in [1.807, 2.05) is 25.1 Å². The van der Waals surface area contributed by atoms with Crippen LogP contribution in [0.2, 0.25) is 0 Å². The number of aliphatic hydroxyl groups is 1. The van der Waals surface area contributed by atoms with Crippen LogP contribution in [0.1, 0.15) is 24.8 Å². The molecule has 1 aromatic carbocycles. The summed E-state index contributed by atoms with van der Waals surface area (Å²) in [5.74, 6) is 0.793. The third-order valence-corrected chi connectivity index (χ3v) is 3.25. The zero-order valence-electron chi connectivity index (χ0n) is 10.1. The number of hydrogen-bond acceptors (Lipinski definition) is 3. The molecule has 2 rings (SSSR count). The van der Waals surface area contributed by atoms with Crippen LogP contribution >= 0.6 is 0 Å². The molecular weight excluding hydrogens is 218 g/mol. The summed E-state index contributed by atoms with van der Waals surface area (Å²) in [4.78, 5) is 13.1. The predicted octanol–water partition coefficient (Wildman–Crippen LogP) is 1.53. The smallest absolute Gasteiger partial charge is 0.264 e. The number of ether oxygens (including phenoxy) is 1. The molecule has 1 aliphatic heterocycles. The van der Waals surface area contributed by atoms with Gasteiger partial charge >= 0.3 is 0 Å². The van der Waals surface area contributed by atoms with Crippen molar-refractivity contribution < 1.29 is 14.6 Å². The molecule has 0 radical (unpaired) electrons. The van der Waals surface area contributed by atoms with Crippen LogP contribution in [0.25, 0.3) is 0 Å². The largest absolute Gasteiger partial charge is 0.482 e. The standard InChI is InChI=1S/C13H17NO3/c1-3-9(7-15)10-4-5-12-11(6-10)14(2)13(16)8-17-12/h4-6,9,15H,3,7-8H2,1-2H3. The van der Waals surface area contributed by atoms with Crippen LogP contribution in [0.5, 0.6) is 5.75 Å². The third-order valence-electron chi connectivity index (χ3n) is 3.25. The first-order chi connectivity index (χ1) is 8.17. The van der Waals surface area contributed by atoms with E-state index < -0.39 is 0 Å². The SMILES string of the molecule is CCC(CO)c1ccc2c(c1)N(C)C(=O)CO2. The molecule has 1 unspecified atom stereocenters. The molecule has 1 aliphatic rings. The van der Waals surface area contributed by atoms with E-state index in [0.717, 1.165) is 23.4 Å². The van der Waals surface area contributed by atoms with Gasteiger partial charge in [-0.25, -0.2) is 0 Å². The molecule has 0 fully saturated rings. The topological polar surface area (TPSA) is 49.8 Å². The van der Waals surface area contributed by atoms with Crippen molar-refractivity contribution in [2.24, 2.45) is 0 Å².